The number of nitrogens with zero attached hydrogens (tertiary/aromatic N) is 1. The van der Waals surface area contributed by atoms with Crippen LogP contribution in [-0.2, 0) is 10.2 Å². The van der Waals surface area contributed by atoms with Gasteiger partial charge in [0.2, 0.25) is 0 Å². The standard InChI is InChI=1S/C20H21NO/c1-4-21-18-8-6-5-7-17(18)20(2,3)19(21)14-11-15-9-12-16(22)13-10-15/h5-14H,4H2,1-3H3. The fourth-order valence-corrected chi connectivity index (χ4v) is 3.24. The Balaban J connectivity index is 2.02. The molecule has 1 aromatic carbocycles. The van der Waals surface area contributed by atoms with Gasteiger partial charge >= 0.3 is 0 Å². The highest BCUT2D eigenvalue weighted by atomic mass is 16.1. The number of hydrogen-bond acceptors (Lipinski definition) is 2. The summed E-state index contributed by atoms with van der Waals surface area (Å²) in [6.45, 7) is 7.65. The number of para-hydroxylation sites is 1. The molecule has 1 heterocycles. The molecular formula is C20H21NO. The van der Waals surface area contributed by atoms with E-state index in [0.717, 1.165) is 12.1 Å². The van der Waals surface area contributed by atoms with Crippen LogP contribution < -0.4 is 4.90 Å². The Hall–Kier alpha value is -2.35. The van der Waals surface area contributed by atoms with Crippen molar-refractivity contribution in [2.24, 2.45) is 0 Å². The minimum atomic E-state index is -0.0123. The van der Waals surface area contributed by atoms with Crippen molar-refractivity contribution in [1.82, 2.24) is 0 Å². The van der Waals surface area contributed by atoms with Crippen LogP contribution in [0.4, 0.5) is 5.69 Å². The second-order valence-electron chi connectivity index (χ2n) is 6.17. The van der Waals surface area contributed by atoms with Crippen molar-refractivity contribution in [2.75, 3.05) is 11.4 Å². The first-order valence-corrected chi connectivity index (χ1v) is 7.73. The molecule has 0 saturated heterocycles. The summed E-state index contributed by atoms with van der Waals surface area (Å²) in [4.78, 5) is 13.6. The van der Waals surface area contributed by atoms with E-state index in [1.807, 2.05) is 12.2 Å². The van der Waals surface area contributed by atoms with Crippen LogP contribution in [0.2, 0.25) is 0 Å². The van der Waals surface area contributed by atoms with E-state index in [1.165, 1.54) is 16.9 Å². The number of hydrogen-bond donors (Lipinski definition) is 0. The molecule has 2 nitrogen and oxygen atoms in total. The molecule has 0 amide bonds. The van der Waals surface area contributed by atoms with Gasteiger partial charge in [0, 0.05) is 23.3 Å². The monoisotopic (exact) mass is 291 g/mol. The molecule has 0 atom stereocenters. The molecule has 2 heteroatoms. The summed E-state index contributed by atoms with van der Waals surface area (Å²) < 4.78 is 0. The van der Waals surface area contributed by atoms with Gasteiger partial charge < -0.3 is 4.90 Å². The zero-order valence-corrected chi connectivity index (χ0v) is 13.3. The van der Waals surface area contributed by atoms with Crippen LogP contribution in [0.1, 0.15) is 26.3 Å². The first-order valence-electron chi connectivity index (χ1n) is 7.73. The molecule has 0 fully saturated rings. The fourth-order valence-electron chi connectivity index (χ4n) is 3.24. The molecule has 22 heavy (non-hydrogen) atoms. The van der Waals surface area contributed by atoms with Crippen LogP contribution in [0.5, 0.6) is 0 Å². The van der Waals surface area contributed by atoms with Crippen molar-refractivity contribution >= 4 is 11.5 Å². The van der Waals surface area contributed by atoms with Gasteiger partial charge in [-0.25, -0.2) is 0 Å². The lowest BCUT2D eigenvalue weighted by atomic mass is 9.83. The van der Waals surface area contributed by atoms with Crippen molar-refractivity contribution in [3.63, 3.8) is 0 Å². The number of rotatable bonds is 2. The zero-order chi connectivity index (χ0) is 15.7. The molecule has 1 aliphatic heterocycles. The smallest absolute Gasteiger partial charge is 0.178 e. The maximum atomic E-state index is 11.2. The van der Waals surface area contributed by atoms with Crippen LogP contribution in [0.3, 0.4) is 0 Å². The van der Waals surface area contributed by atoms with E-state index >= 15 is 0 Å². The Kier molecular flexibility index (Phi) is 3.61. The zero-order valence-electron chi connectivity index (χ0n) is 13.3. The van der Waals surface area contributed by atoms with Crippen molar-refractivity contribution in [3.8, 4) is 0 Å². The van der Waals surface area contributed by atoms with E-state index in [1.54, 1.807) is 12.2 Å². The number of fused-ring (bicyclic) bond motifs is 1. The van der Waals surface area contributed by atoms with E-state index in [9.17, 15) is 4.79 Å². The number of carbonyl (C=O) groups excluding carboxylic acids is 1. The Bertz CT molecular complexity index is 714. The molecule has 0 spiro atoms. The van der Waals surface area contributed by atoms with Crippen LogP contribution in [0, 0.1) is 0 Å². The molecule has 1 aromatic rings. The van der Waals surface area contributed by atoms with Crippen LogP contribution in [-0.4, -0.2) is 12.3 Å². The lowest BCUT2D eigenvalue weighted by molar-refractivity contribution is -0.110. The molecule has 0 unspecified atom stereocenters. The van der Waals surface area contributed by atoms with Crippen molar-refractivity contribution < 1.29 is 4.79 Å². The van der Waals surface area contributed by atoms with Crippen LogP contribution in [0.15, 0.2) is 72.0 Å². The second kappa shape index (κ2) is 5.45. The summed E-state index contributed by atoms with van der Waals surface area (Å²) in [5.74, 6) is 0.0496. The SMILES string of the molecule is CCN1C(=CC=C2C=CC(=O)C=C2)C(C)(C)c2ccccc21. The third-order valence-electron chi connectivity index (χ3n) is 4.43. The van der Waals surface area contributed by atoms with Crippen molar-refractivity contribution in [2.45, 2.75) is 26.2 Å². The predicted molar refractivity (Wildman–Crippen MR) is 91.9 cm³/mol. The minimum Gasteiger partial charge on any atom is -0.344 e. The molecule has 0 bridgehead atoms. The number of allylic oxidation sites excluding steroid dienone is 8. The third kappa shape index (κ3) is 2.35. The lowest BCUT2D eigenvalue weighted by Gasteiger charge is -2.26. The first-order chi connectivity index (χ1) is 10.5. The quantitative estimate of drug-likeness (QED) is 0.809. The Morgan fingerprint density at radius 2 is 1.73 bits per heavy atom. The van der Waals surface area contributed by atoms with E-state index in [0.29, 0.717) is 0 Å². The largest absolute Gasteiger partial charge is 0.344 e. The molecule has 1 aliphatic carbocycles. The number of benzene rings is 1. The molecular weight excluding hydrogens is 270 g/mol. The van der Waals surface area contributed by atoms with E-state index in [4.69, 9.17) is 0 Å². The molecule has 0 aromatic heterocycles. The summed E-state index contributed by atoms with van der Waals surface area (Å²) in [6, 6.07) is 8.60. The highest BCUT2D eigenvalue weighted by Gasteiger charge is 2.38. The van der Waals surface area contributed by atoms with Gasteiger partial charge in [0.1, 0.15) is 0 Å². The van der Waals surface area contributed by atoms with E-state index < -0.39 is 0 Å². The van der Waals surface area contributed by atoms with Crippen LogP contribution >= 0.6 is 0 Å². The average Bonchev–Trinajstić information content (AvgIpc) is 2.74. The summed E-state index contributed by atoms with van der Waals surface area (Å²) in [5, 5.41) is 0. The number of carbonyl (C=O) groups is 1. The van der Waals surface area contributed by atoms with E-state index in [2.05, 4.69) is 62.1 Å². The summed E-state index contributed by atoms with van der Waals surface area (Å²) in [7, 11) is 0. The van der Waals surface area contributed by atoms with E-state index in [-0.39, 0.29) is 11.2 Å². The Morgan fingerprint density at radius 1 is 1.05 bits per heavy atom. The molecule has 0 radical (unpaired) electrons. The second-order valence-corrected chi connectivity index (χ2v) is 6.17. The van der Waals surface area contributed by atoms with Crippen LogP contribution in [0.25, 0.3) is 0 Å². The lowest BCUT2D eigenvalue weighted by Crippen LogP contribution is -2.25. The van der Waals surface area contributed by atoms with Crippen molar-refractivity contribution in [1.29, 1.82) is 0 Å². The number of anilines is 1. The fraction of sp³-hybridized carbons (Fsp3) is 0.250. The van der Waals surface area contributed by atoms with Gasteiger partial charge in [0.05, 0.1) is 0 Å². The van der Waals surface area contributed by atoms with Gasteiger partial charge in [-0.05, 0) is 42.4 Å². The van der Waals surface area contributed by atoms with Gasteiger partial charge in [-0.1, -0.05) is 50.3 Å². The topological polar surface area (TPSA) is 20.3 Å². The van der Waals surface area contributed by atoms with Gasteiger partial charge in [-0.2, -0.15) is 0 Å². The summed E-state index contributed by atoms with van der Waals surface area (Å²) >= 11 is 0. The number of likely N-dealkylation sites (N-methyl/N-ethyl adjacent to an activating group) is 1. The number of ketones is 1. The van der Waals surface area contributed by atoms with Crippen molar-refractivity contribution in [3.05, 3.63) is 77.6 Å². The summed E-state index contributed by atoms with van der Waals surface area (Å²) in [5.41, 5.74) is 5.00. The maximum Gasteiger partial charge on any atom is 0.178 e. The predicted octanol–water partition coefficient (Wildman–Crippen LogP) is 4.31. The third-order valence-corrected chi connectivity index (χ3v) is 4.43. The Morgan fingerprint density at radius 3 is 2.41 bits per heavy atom. The average molecular weight is 291 g/mol. The summed E-state index contributed by atoms with van der Waals surface area (Å²) in [6.07, 6.45) is 11.2. The molecule has 3 rings (SSSR count). The molecule has 112 valence electrons. The minimum absolute atomic E-state index is 0.0123. The van der Waals surface area contributed by atoms with Gasteiger partial charge in [-0.3, -0.25) is 4.79 Å². The maximum absolute atomic E-state index is 11.2. The van der Waals surface area contributed by atoms with Gasteiger partial charge in [-0.15, -0.1) is 0 Å². The molecule has 0 saturated carbocycles. The molecule has 2 aliphatic rings. The highest BCUT2D eigenvalue weighted by molar-refractivity contribution is 6.01. The first kappa shape index (κ1) is 14.6. The normalized spacial score (nSPS) is 20.7. The Labute approximate surface area is 132 Å². The molecule has 0 N–H and O–H groups in total. The highest BCUT2D eigenvalue weighted by Crippen LogP contribution is 2.47. The van der Waals surface area contributed by atoms with Gasteiger partial charge in [0.15, 0.2) is 5.78 Å². The van der Waals surface area contributed by atoms with Gasteiger partial charge in [0.25, 0.3) is 0 Å².